The van der Waals surface area contributed by atoms with Crippen molar-refractivity contribution in [3.05, 3.63) is 25.3 Å². The van der Waals surface area contributed by atoms with Crippen LogP contribution in [0.4, 0.5) is 0 Å². The molecule has 0 aromatic rings. The van der Waals surface area contributed by atoms with Crippen molar-refractivity contribution in [3.8, 4) is 0 Å². The lowest BCUT2D eigenvalue weighted by Crippen LogP contribution is -2.59. The van der Waals surface area contributed by atoms with E-state index in [1.54, 1.807) is 33.9 Å². The number of likely N-dealkylation sites (tertiary alicyclic amines) is 1. The van der Waals surface area contributed by atoms with Crippen LogP contribution in [-0.4, -0.2) is 94.6 Å². The number of aliphatic hydroxyl groups is 1. The highest BCUT2D eigenvalue weighted by molar-refractivity contribution is 5.99. The Hall–Kier alpha value is -2.19. The van der Waals surface area contributed by atoms with Gasteiger partial charge in [0.1, 0.15) is 11.6 Å². The molecule has 3 aliphatic heterocycles. The minimum atomic E-state index is -1.05. The third-order valence-corrected chi connectivity index (χ3v) is 7.83. The van der Waals surface area contributed by atoms with Gasteiger partial charge in [0.2, 0.25) is 17.7 Å². The summed E-state index contributed by atoms with van der Waals surface area (Å²) in [5, 5.41) is 10.3. The number of rotatable bonds is 13. The first-order valence-corrected chi connectivity index (χ1v) is 13.0. The van der Waals surface area contributed by atoms with Gasteiger partial charge < -0.3 is 24.5 Å². The van der Waals surface area contributed by atoms with Gasteiger partial charge in [-0.1, -0.05) is 39.3 Å². The molecule has 3 amide bonds. The van der Waals surface area contributed by atoms with E-state index in [2.05, 4.69) is 20.1 Å². The van der Waals surface area contributed by atoms with Gasteiger partial charge in [-0.25, -0.2) is 0 Å². The fourth-order valence-electron chi connectivity index (χ4n) is 6.37. The van der Waals surface area contributed by atoms with Crippen molar-refractivity contribution in [3.63, 3.8) is 0 Å². The third kappa shape index (κ3) is 4.79. The number of fused-ring (bicyclic) bond motifs is 1. The standard InChI is InChI=1S/C27H43N3O5/c1-7-10-15-29(14-9-3)26(34)23-27-12-11-20(35-27)21(24(32)28(6)13-8-2)22(27)25(33)30(23)19(17-31)16-18(4)5/h8-9,18-23,31H,2-3,7,10-17H2,1,4-6H3/t19-,20-,21+,22+,23?,27?/m1/s1. The van der Waals surface area contributed by atoms with Gasteiger partial charge >= 0.3 is 0 Å². The molecule has 0 aromatic heterocycles. The number of hydrogen-bond donors (Lipinski definition) is 1. The number of nitrogens with zero attached hydrogens (tertiary/aromatic N) is 3. The molecule has 196 valence electrons. The zero-order valence-electron chi connectivity index (χ0n) is 21.8. The molecule has 8 heteroatoms. The summed E-state index contributed by atoms with van der Waals surface area (Å²) in [5.74, 6) is -1.72. The molecule has 1 N–H and O–H groups in total. The van der Waals surface area contributed by atoms with E-state index >= 15 is 0 Å². The zero-order chi connectivity index (χ0) is 25.9. The fraction of sp³-hybridized carbons (Fsp3) is 0.741. The third-order valence-electron chi connectivity index (χ3n) is 7.83. The number of amides is 3. The molecule has 2 bridgehead atoms. The monoisotopic (exact) mass is 489 g/mol. The van der Waals surface area contributed by atoms with E-state index in [1.165, 1.54) is 0 Å². The summed E-state index contributed by atoms with van der Waals surface area (Å²) in [6.45, 7) is 14.7. The lowest BCUT2D eigenvalue weighted by Gasteiger charge is -2.39. The molecule has 3 heterocycles. The molecule has 3 fully saturated rings. The van der Waals surface area contributed by atoms with Gasteiger partial charge in [-0.2, -0.15) is 0 Å². The lowest BCUT2D eigenvalue weighted by molar-refractivity contribution is -0.152. The zero-order valence-corrected chi connectivity index (χ0v) is 21.8. The van der Waals surface area contributed by atoms with E-state index < -0.39 is 29.5 Å². The summed E-state index contributed by atoms with van der Waals surface area (Å²) in [5.41, 5.74) is -1.05. The van der Waals surface area contributed by atoms with Gasteiger partial charge in [0.15, 0.2) is 0 Å². The van der Waals surface area contributed by atoms with Crippen LogP contribution in [-0.2, 0) is 19.1 Å². The lowest BCUT2D eigenvalue weighted by atomic mass is 9.70. The van der Waals surface area contributed by atoms with Crippen LogP contribution in [0, 0.1) is 17.8 Å². The van der Waals surface area contributed by atoms with Crippen LogP contribution in [0.2, 0.25) is 0 Å². The summed E-state index contributed by atoms with van der Waals surface area (Å²) >= 11 is 0. The number of ether oxygens (including phenoxy) is 1. The minimum absolute atomic E-state index is 0.152. The van der Waals surface area contributed by atoms with Crippen LogP contribution in [0.5, 0.6) is 0 Å². The Labute approximate surface area is 210 Å². The summed E-state index contributed by atoms with van der Waals surface area (Å²) < 4.78 is 6.52. The molecule has 2 unspecified atom stereocenters. The average Bonchev–Trinajstić information content (AvgIpc) is 3.46. The maximum atomic E-state index is 14.2. The van der Waals surface area contributed by atoms with E-state index in [1.807, 2.05) is 13.8 Å². The van der Waals surface area contributed by atoms with Crippen LogP contribution >= 0.6 is 0 Å². The Balaban J connectivity index is 2.07. The molecule has 0 aliphatic carbocycles. The highest BCUT2D eigenvalue weighted by atomic mass is 16.5. The molecule has 6 atom stereocenters. The summed E-state index contributed by atoms with van der Waals surface area (Å²) in [4.78, 5) is 46.6. The Morgan fingerprint density at radius 1 is 1.26 bits per heavy atom. The normalized spacial score (nSPS) is 29.9. The number of hydrogen-bond acceptors (Lipinski definition) is 5. The SMILES string of the molecule is C=CCN(C)C(=O)[C@@H]1[C@H]2C(=O)N([C@@H](CO)CC(C)C)C(C(=O)N(CC=C)CCCC)C23CC[C@H]1O3. The quantitative estimate of drug-likeness (QED) is 0.401. The molecule has 0 saturated carbocycles. The van der Waals surface area contributed by atoms with Gasteiger partial charge in [0, 0.05) is 26.7 Å². The van der Waals surface area contributed by atoms with Gasteiger partial charge in [-0.15, -0.1) is 13.2 Å². The second-order valence-electron chi connectivity index (χ2n) is 10.7. The molecule has 3 aliphatic rings. The highest BCUT2D eigenvalue weighted by Crippen LogP contribution is 2.59. The average molecular weight is 490 g/mol. The maximum Gasteiger partial charge on any atom is 0.248 e. The first kappa shape index (κ1) is 27.4. The topological polar surface area (TPSA) is 90.4 Å². The van der Waals surface area contributed by atoms with Crippen molar-refractivity contribution in [1.82, 2.24) is 14.7 Å². The predicted octanol–water partition coefficient (Wildman–Crippen LogP) is 2.23. The minimum Gasteiger partial charge on any atom is -0.394 e. The van der Waals surface area contributed by atoms with E-state index in [0.29, 0.717) is 38.9 Å². The van der Waals surface area contributed by atoms with Gasteiger partial charge in [0.05, 0.1) is 30.6 Å². The van der Waals surface area contributed by atoms with E-state index in [4.69, 9.17) is 4.74 Å². The van der Waals surface area contributed by atoms with Crippen LogP contribution in [0.25, 0.3) is 0 Å². The number of unbranched alkanes of at least 4 members (excludes halogenated alkanes) is 1. The molecular formula is C27H43N3O5. The van der Waals surface area contributed by atoms with Crippen LogP contribution < -0.4 is 0 Å². The molecule has 3 rings (SSSR count). The summed E-state index contributed by atoms with van der Waals surface area (Å²) in [6, 6.07) is -1.38. The van der Waals surface area contributed by atoms with Gasteiger partial charge in [-0.05, 0) is 31.6 Å². The molecule has 1 spiro atoms. The first-order valence-electron chi connectivity index (χ1n) is 13.0. The second-order valence-corrected chi connectivity index (χ2v) is 10.7. The smallest absolute Gasteiger partial charge is 0.248 e. The van der Waals surface area contributed by atoms with Crippen molar-refractivity contribution in [1.29, 1.82) is 0 Å². The molecule has 0 radical (unpaired) electrons. The van der Waals surface area contributed by atoms with Crippen LogP contribution in [0.15, 0.2) is 25.3 Å². The van der Waals surface area contributed by atoms with Crippen LogP contribution in [0.3, 0.4) is 0 Å². The molecular weight excluding hydrogens is 446 g/mol. The second kappa shape index (κ2) is 11.2. The summed E-state index contributed by atoms with van der Waals surface area (Å²) in [7, 11) is 1.70. The Bertz CT molecular complexity index is 830. The van der Waals surface area contributed by atoms with Crippen molar-refractivity contribution in [2.75, 3.05) is 33.3 Å². The van der Waals surface area contributed by atoms with E-state index in [0.717, 1.165) is 12.8 Å². The van der Waals surface area contributed by atoms with Gasteiger partial charge in [-0.3, -0.25) is 14.4 Å². The predicted molar refractivity (Wildman–Crippen MR) is 134 cm³/mol. The number of likely N-dealkylation sites (N-methyl/N-ethyl adjacent to an activating group) is 1. The van der Waals surface area contributed by atoms with E-state index in [-0.39, 0.29) is 36.4 Å². The van der Waals surface area contributed by atoms with Gasteiger partial charge in [0.25, 0.3) is 0 Å². The van der Waals surface area contributed by atoms with Crippen LogP contribution in [0.1, 0.15) is 52.9 Å². The Kier molecular flexibility index (Phi) is 8.81. The number of carbonyl (C=O) groups excluding carboxylic acids is 3. The Morgan fingerprint density at radius 3 is 2.51 bits per heavy atom. The van der Waals surface area contributed by atoms with Crippen molar-refractivity contribution >= 4 is 17.7 Å². The highest BCUT2D eigenvalue weighted by Gasteiger charge is 2.75. The van der Waals surface area contributed by atoms with Crippen molar-refractivity contribution in [2.45, 2.75) is 76.7 Å². The van der Waals surface area contributed by atoms with E-state index in [9.17, 15) is 19.5 Å². The maximum absolute atomic E-state index is 14.2. The molecule has 35 heavy (non-hydrogen) atoms. The fourth-order valence-corrected chi connectivity index (χ4v) is 6.37. The molecule has 8 nitrogen and oxygen atoms in total. The molecule has 0 aromatic carbocycles. The van der Waals surface area contributed by atoms with Crippen molar-refractivity contribution in [2.24, 2.45) is 17.8 Å². The number of carbonyl (C=O) groups is 3. The Morgan fingerprint density at radius 2 is 1.94 bits per heavy atom. The van der Waals surface area contributed by atoms with Crippen molar-refractivity contribution < 1.29 is 24.2 Å². The number of aliphatic hydroxyl groups excluding tert-OH is 1. The first-order chi connectivity index (χ1) is 16.7. The molecule has 3 saturated heterocycles. The largest absolute Gasteiger partial charge is 0.394 e. The summed E-state index contributed by atoms with van der Waals surface area (Å²) in [6.07, 6.45) is 6.47.